The van der Waals surface area contributed by atoms with Crippen LogP contribution in [0, 0.1) is 6.92 Å². The predicted molar refractivity (Wildman–Crippen MR) is 44.6 cm³/mol. The zero-order valence-corrected chi connectivity index (χ0v) is 6.98. The third-order valence-corrected chi connectivity index (χ3v) is 1.36. The molecule has 1 aromatic heterocycles. The third-order valence-electron chi connectivity index (χ3n) is 1.36. The third kappa shape index (κ3) is 2.59. The standard InChI is InChI=1S/C9H8O4/c1-6-2-4-8(13-6)7(10)3-5-9(11)12/h2-5H,1H3,(H,11,12). The topological polar surface area (TPSA) is 67.5 Å². The molecule has 1 N–H and O–H groups in total. The number of aryl methyl sites for hydroxylation is 1. The molecule has 0 saturated carbocycles. The molecule has 0 spiro atoms. The fourth-order valence-electron chi connectivity index (χ4n) is 0.796. The average molecular weight is 180 g/mol. The van der Waals surface area contributed by atoms with Crippen LogP contribution in [0.3, 0.4) is 0 Å². The molecular weight excluding hydrogens is 172 g/mol. The van der Waals surface area contributed by atoms with Crippen LogP contribution in [0.2, 0.25) is 0 Å². The zero-order valence-electron chi connectivity index (χ0n) is 6.98. The molecule has 0 unspecified atom stereocenters. The maximum atomic E-state index is 11.1. The molecule has 1 heterocycles. The summed E-state index contributed by atoms with van der Waals surface area (Å²) < 4.78 is 4.98. The lowest BCUT2D eigenvalue weighted by atomic mass is 10.3. The van der Waals surface area contributed by atoms with E-state index in [0.29, 0.717) is 5.76 Å². The van der Waals surface area contributed by atoms with Crippen molar-refractivity contribution < 1.29 is 19.1 Å². The predicted octanol–water partition coefficient (Wildman–Crippen LogP) is 1.41. The van der Waals surface area contributed by atoms with Crippen molar-refractivity contribution in [3.8, 4) is 0 Å². The molecule has 0 atom stereocenters. The zero-order chi connectivity index (χ0) is 9.84. The van der Waals surface area contributed by atoms with Crippen LogP contribution in [-0.4, -0.2) is 16.9 Å². The van der Waals surface area contributed by atoms with E-state index in [4.69, 9.17) is 9.52 Å². The Morgan fingerprint density at radius 1 is 1.38 bits per heavy atom. The molecular formula is C9H8O4. The number of rotatable bonds is 3. The van der Waals surface area contributed by atoms with Gasteiger partial charge in [0.05, 0.1) is 0 Å². The molecule has 0 aliphatic carbocycles. The van der Waals surface area contributed by atoms with Gasteiger partial charge in [0, 0.05) is 6.08 Å². The monoisotopic (exact) mass is 180 g/mol. The van der Waals surface area contributed by atoms with Crippen molar-refractivity contribution in [2.45, 2.75) is 6.92 Å². The molecule has 0 fully saturated rings. The molecule has 4 heteroatoms. The molecule has 0 radical (unpaired) electrons. The summed E-state index contributed by atoms with van der Waals surface area (Å²) in [6.07, 6.45) is 1.74. The first-order chi connectivity index (χ1) is 6.09. The Bertz CT molecular complexity index is 359. The first kappa shape index (κ1) is 9.25. The van der Waals surface area contributed by atoms with Gasteiger partial charge >= 0.3 is 5.97 Å². The lowest BCUT2D eigenvalue weighted by molar-refractivity contribution is -0.131. The first-order valence-electron chi connectivity index (χ1n) is 3.61. The van der Waals surface area contributed by atoms with E-state index < -0.39 is 11.8 Å². The Hall–Kier alpha value is -1.84. The lowest BCUT2D eigenvalue weighted by Gasteiger charge is -1.86. The van der Waals surface area contributed by atoms with Gasteiger partial charge in [0.2, 0.25) is 5.78 Å². The maximum Gasteiger partial charge on any atom is 0.328 e. The molecule has 0 amide bonds. The van der Waals surface area contributed by atoms with Crippen LogP contribution in [0.15, 0.2) is 28.7 Å². The SMILES string of the molecule is Cc1ccc(C(=O)C=CC(=O)O)o1. The van der Waals surface area contributed by atoms with Gasteiger partial charge in [0.1, 0.15) is 5.76 Å². The Morgan fingerprint density at radius 3 is 2.54 bits per heavy atom. The smallest absolute Gasteiger partial charge is 0.328 e. The molecule has 0 aliphatic rings. The van der Waals surface area contributed by atoms with Crippen molar-refractivity contribution in [3.63, 3.8) is 0 Å². The molecule has 1 rings (SSSR count). The molecule has 0 aromatic carbocycles. The maximum absolute atomic E-state index is 11.1. The van der Waals surface area contributed by atoms with Gasteiger partial charge in [-0.2, -0.15) is 0 Å². The summed E-state index contributed by atoms with van der Waals surface area (Å²) in [5.41, 5.74) is 0. The van der Waals surface area contributed by atoms with Crippen molar-refractivity contribution in [3.05, 3.63) is 35.8 Å². The van der Waals surface area contributed by atoms with Crippen LogP contribution in [0.5, 0.6) is 0 Å². The second-order valence-corrected chi connectivity index (χ2v) is 2.45. The van der Waals surface area contributed by atoms with Crippen LogP contribution >= 0.6 is 0 Å². The fraction of sp³-hybridized carbons (Fsp3) is 0.111. The van der Waals surface area contributed by atoms with Gasteiger partial charge in [-0.25, -0.2) is 4.79 Å². The highest BCUT2D eigenvalue weighted by molar-refractivity contribution is 6.04. The second kappa shape index (κ2) is 3.71. The number of ketones is 1. The molecule has 0 aliphatic heterocycles. The Balaban J connectivity index is 2.75. The van der Waals surface area contributed by atoms with Gasteiger partial charge in [-0.05, 0) is 25.1 Å². The van der Waals surface area contributed by atoms with Gasteiger partial charge in [0.25, 0.3) is 0 Å². The minimum absolute atomic E-state index is 0.148. The van der Waals surface area contributed by atoms with Crippen molar-refractivity contribution >= 4 is 11.8 Å². The molecule has 4 nitrogen and oxygen atoms in total. The van der Waals surface area contributed by atoms with E-state index in [1.165, 1.54) is 6.07 Å². The minimum atomic E-state index is -1.16. The number of carbonyl (C=O) groups is 2. The quantitative estimate of drug-likeness (QED) is 0.564. The van der Waals surface area contributed by atoms with E-state index in [1.54, 1.807) is 13.0 Å². The fourth-order valence-corrected chi connectivity index (χ4v) is 0.796. The number of allylic oxidation sites excluding steroid dienone is 1. The molecule has 68 valence electrons. The summed E-state index contributed by atoms with van der Waals surface area (Å²) in [6.45, 7) is 1.71. The second-order valence-electron chi connectivity index (χ2n) is 2.45. The molecule has 0 saturated heterocycles. The minimum Gasteiger partial charge on any atom is -0.478 e. The summed E-state index contributed by atoms with van der Waals surface area (Å²) in [6, 6.07) is 3.14. The molecule has 0 bridgehead atoms. The summed E-state index contributed by atoms with van der Waals surface area (Å²) >= 11 is 0. The number of hydrogen-bond donors (Lipinski definition) is 1. The first-order valence-corrected chi connectivity index (χ1v) is 3.61. The number of aliphatic carboxylic acids is 1. The van der Waals surface area contributed by atoms with Crippen molar-refractivity contribution in [1.82, 2.24) is 0 Å². The molecule has 1 aromatic rings. The van der Waals surface area contributed by atoms with Gasteiger partial charge in [-0.3, -0.25) is 4.79 Å². The van der Waals surface area contributed by atoms with E-state index in [2.05, 4.69) is 0 Å². The summed E-state index contributed by atoms with van der Waals surface area (Å²) in [7, 11) is 0. The van der Waals surface area contributed by atoms with E-state index in [1.807, 2.05) is 0 Å². The highest BCUT2D eigenvalue weighted by Gasteiger charge is 2.05. The normalized spacial score (nSPS) is 10.5. The highest BCUT2D eigenvalue weighted by atomic mass is 16.4. The summed E-state index contributed by atoms with van der Waals surface area (Å²) in [4.78, 5) is 21.2. The van der Waals surface area contributed by atoms with Gasteiger partial charge in [-0.15, -0.1) is 0 Å². The number of furan rings is 1. The Kier molecular flexibility index (Phi) is 2.64. The number of carboxylic acids is 1. The Morgan fingerprint density at radius 2 is 2.08 bits per heavy atom. The number of hydrogen-bond acceptors (Lipinski definition) is 3. The highest BCUT2D eigenvalue weighted by Crippen LogP contribution is 2.07. The van der Waals surface area contributed by atoms with Crippen LogP contribution in [0.4, 0.5) is 0 Å². The van der Waals surface area contributed by atoms with Crippen LogP contribution in [0.25, 0.3) is 0 Å². The summed E-state index contributed by atoms with van der Waals surface area (Å²) in [5.74, 6) is -0.839. The van der Waals surface area contributed by atoms with Crippen LogP contribution in [0.1, 0.15) is 16.3 Å². The van der Waals surface area contributed by atoms with Gasteiger partial charge < -0.3 is 9.52 Å². The van der Waals surface area contributed by atoms with Gasteiger partial charge in [0.15, 0.2) is 5.76 Å². The number of carboxylic acid groups (broad SMARTS) is 1. The summed E-state index contributed by atoms with van der Waals surface area (Å²) in [5, 5.41) is 8.24. The Labute approximate surface area is 74.5 Å². The lowest BCUT2D eigenvalue weighted by Crippen LogP contribution is -1.94. The van der Waals surface area contributed by atoms with Crippen LogP contribution < -0.4 is 0 Å². The number of carbonyl (C=O) groups excluding carboxylic acids is 1. The van der Waals surface area contributed by atoms with Crippen LogP contribution in [-0.2, 0) is 4.79 Å². The van der Waals surface area contributed by atoms with E-state index in [-0.39, 0.29) is 5.76 Å². The largest absolute Gasteiger partial charge is 0.478 e. The van der Waals surface area contributed by atoms with Crippen molar-refractivity contribution in [2.75, 3.05) is 0 Å². The average Bonchev–Trinajstić information content (AvgIpc) is 2.47. The van der Waals surface area contributed by atoms with Crippen molar-refractivity contribution in [1.29, 1.82) is 0 Å². The van der Waals surface area contributed by atoms with E-state index in [9.17, 15) is 9.59 Å². The van der Waals surface area contributed by atoms with Gasteiger partial charge in [-0.1, -0.05) is 0 Å². The molecule has 13 heavy (non-hydrogen) atoms. The van der Waals surface area contributed by atoms with E-state index in [0.717, 1.165) is 12.2 Å². The van der Waals surface area contributed by atoms with Crippen molar-refractivity contribution in [2.24, 2.45) is 0 Å². The van der Waals surface area contributed by atoms with E-state index >= 15 is 0 Å².